The second-order valence-electron chi connectivity index (χ2n) is 4.88. The van der Waals surface area contributed by atoms with E-state index < -0.39 is 5.97 Å². The predicted molar refractivity (Wildman–Crippen MR) is 82.5 cm³/mol. The van der Waals surface area contributed by atoms with Crippen molar-refractivity contribution in [2.24, 2.45) is 0 Å². The molecule has 2 aromatic rings. The summed E-state index contributed by atoms with van der Waals surface area (Å²) in [7, 11) is 0. The molecule has 0 radical (unpaired) electrons. The number of aliphatic carboxylic acids is 1. The van der Waals surface area contributed by atoms with Crippen molar-refractivity contribution in [3.63, 3.8) is 0 Å². The molecule has 23 heavy (non-hydrogen) atoms. The van der Waals surface area contributed by atoms with E-state index in [0.717, 1.165) is 5.69 Å². The standard InChI is InChI=1S/C16H17N3O4/c1-11-9-17-10-14(19-11)23-13-6-4-12(5-7-13)16(22)18-8-2-3-15(20)21/h4-7,9-10H,2-3,8H2,1H3,(H,18,22)(H,20,21). The number of hydrogen-bond donors (Lipinski definition) is 2. The maximum atomic E-state index is 11.9. The van der Waals surface area contributed by atoms with Crippen molar-refractivity contribution >= 4 is 11.9 Å². The molecule has 7 nitrogen and oxygen atoms in total. The highest BCUT2D eigenvalue weighted by atomic mass is 16.5. The number of ether oxygens (including phenoxy) is 1. The number of benzene rings is 1. The summed E-state index contributed by atoms with van der Waals surface area (Å²) in [5.41, 5.74) is 1.22. The van der Waals surface area contributed by atoms with Gasteiger partial charge in [-0.3, -0.25) is 14.6 Å². The molecular formula is C16H17N3O4. The van der Waals surface area contributed by atoms with E-state index in [4.69, 9.17) is 9.84 Å². The van der Waals surface area contributed by atoms with Crippen LogP contribution in [0.25, 0.3) is 0 Å². The molecule has 120 valence electrons. The van der Waals surface area contributed by atoms with Gasteiger partial charge in [0.25, 0.3) is 5.91 Å². The van der Waals surface area contributed by atoms with Crippen LogP contribution in [0.1, 0.15) is 28.9 Å². The van der Waals surface area contributed by atoms with Gasteiger partial charge in [0.05, 0.1) is 11.9 Å². The number of carboxylic acids is 1. The van der Waals surface area contributed by atoms with Crippen LogP contribution < -0.4 is 10.1 Å². The van der Waals surface area contributed by atoms with Crippen LogP contribution in [0.15, 0.2) is 36.7 Å². The first-order valence-corrected chi connectivity index (χ1v) is 7.11. The Labute approximate surface area is 133 Å². The number of rotatable bonds is 7. The van der Waals surface area contributed by atoms with Crippen molar-refractivity contribution < 1.29 is 19.4 Å². The Hall–Kier alpha value is -2.96. The van der Waals surface area contributed by atoms with Gasteiger partial charge in [-0.15, -0.1) is 0 Å². The minimum atomic E-state index is -0.875. The molecule has 0 unspecified atom stereocenters. The highest BCUT2D eigenvalue weighted by Crippen LogP contribution is 2.19. The van der Waals surface area contributed by atoms with E-state index >= 15 is 0 Å². The minimum Gasteiger partial charge on any atom is -0.481 e. The molecule has 0 spiro atoms. The fraction of sp³-hybridized carbons (Fsp3) is 0.250. The largest absolute Gasteiger partial charge is 0.481 e. The zero-order valence-electron chi connectivity index (χ0n) is 12.7. The third kappa shape index (κ3) is 5.39. The summed E-state index contributed by atoms with van der Waals surface area (Å²) in [6.07, 6.45) is 3.57. The lowest BCUT2D eigenvalue weighted by molar-refractivity contribution is -0.137. The second kappa shape index (κ2) is 7.88. The maximum Gasteiger partial charge on any atom is 0.303 e. The van der Waals surface area contributed by atoms with E-state index in [2.05, 4.69) is 15.3 Å². The fourth-order valence-corrected chi connectivity index (χ4v) is 1.83. The average Bonchev–Trinajstić information content (AvgIpc) is 2.52. The van der Waals surface area contributed by atoms with Gasteiger partial charge < -0.3 is 15.2 Å². The Balaban J connectivity index is 1.88. The summed E-state index contributed by atoms with van der Waals surface area (Å²) in [4.78, 5) is 30.4. The molecule has 2 N–H and O–H groups in total. The first kappa shape index (κ1) is 16.4. The molecule has 7 heteroatoms. The van der Waals surface area contributed by atoms with Crippen LogP contribution in [-0.4, -0.2) is 33.5 Å². The van der Waals surface area contributed by atoms with Crippen LogP contribution in [-0.2, 0) is 4.79 Å². The van der Waals surface area contributed by atoms with Gasteiger partial charge in [0.1, 0.15) is 5.75 Å². The van der Waals surface area contributed by atoms with Crippen LogP contribution >= 0.6 is 0 Å². The van der Waals surface area contributed by atoms with Crippen molar-refractivity contribution in [2.45, 2.75) is 19.8 Å². The minimum absolute atomic E-state index is 0.0323. The molecule has 0 aliphatic carbocycles. The molecule has 1 aromatic heterocycles. The molecule has 0 bridgehead atoms. The molecule has 0 fully saturated rings. The average molecular weight is 315 g/mol. The normalized spacial score (nSPS) is 10.1. The number of aryl methyl sites for hydroxylation is 1. The third-order valence-electron chi connectivity index (χ3n) is 2.92. The molecular weight excluding hydrogens is 298 g/mol. The highest BCUT2D eigenvalue weighted by molar-refractivity contribution is 5.94. The summed E-state index contributed by atoms with van der Waals surface area (Å²) >= 11 is 0. The Morgan fingerprint density at radius 3 is 2.61 bits per heavy atom. The molecule has 0 aliphatic rings. The van der Waals surface area contributed by atoms with Crippen LogP contribution in [0.3, 0.4) is 0 Å². The molecule has 1 amide bonds. The molecule has 2 rings (SSSR count). The molecule has 0 aliphatic heterocycles. The smallest absolute Gasteiger partial charge is 0.303 e. The van der Waals surface area contributed by atoms with E-state index in [0.29, 0.717) is 30.2 Å². The first-order valence-electron chi connectivity index (χ1n) is 7.11. The van der Waals surface area contributed by atoms with Crippen LogP contribution in [0, 0.1) is 6.92 Å². The maximum absolute atomic E-state index is 11.9. The lowest BCUT2D eigenvalue weighted by Gasteiger charge is -2.07. The molecule has 0 atom stereocenters. The Kier molecular flexibility index (Phi) is 5.62. The van der Waals surface area contributed by atoms with E-state index in [1.165, 1.54) is 6.20 Å². The Bertz CT molecular complexity index is 686. The number of nitrogens with zero attached hydrogens (tertiary/aromatic N) is 2. The zero-order chi connectivity index (χ0) is 16.7. The Morgan fingerprint density at radius 2 is 1.96 bits per heavy atom. The van der Waals surface area contributed by atoms with Crippen LogP contribution in [0.4, 0.5) is 0 Å². The number of hydrogen-bond acceptors (Lipinski definition) is 5. The predicted octanol–water partition coefficient (Wildman–Crippen LogP) is 2.17. The van der Waals surface area contributed by atoms with Crippen molar-refractivity contribution in [1.29, 1.82) is 0 Å². The van der Waals surface area contributed by atoms with Gasteiger partial charge in [-0.25, -0.2) is 4.98 Å². The highest BCUT2D eigenvalue weighted by Gasteiger charge is 2.06. The quantitative estimate of drug-likeness (QED) is 0.759. The second-order valence-corrected chi connectivity index (χ2v) is 4.88. The number of aromatic nitrogens is 2. The van der Waals surface area contributed by atoms with Crippen molar-refractivity contribution in [1.82, 2.24) is 15.3 Å². The third-order valence-corrected chi connectivity index (χ3v) is 2.92. The van der Waals surface area contributed by atoms with Gasteiger partial charge in [0.2, 0.25) is 5.88 Å². The van der Waals surface area contributed by atoms with Crippen molar-refractivity contribution in [2.75, 3.05) is 6.54 Å². The summed E-state index contributed by atoms with van der Waals surface area (Å²) in [6, 6.07) is 6.59. The molecule has 0 saturated heterocycles. The van der Waals surface area contributed by atoms with Gasteiger partial charge in [0, 0.05) is 24.7 Å². The van der Waals surface area contributed by atoms with Gasteiger partial charge in [0.15, 0.2) is 0 Å². The Morgan fingerprint density at radius 1 is 1.22 bits per heavy atom. The molecule has 1 aromatic carbocycles. The van der Waals surface area contributed by atoms with E-state index in [-0.39, 0.29) is 12.3 Å². The summed E-state index contributed by atoms with van der Waals surface area (Å²) in [5, 5.41) is 11.2. The number of carbonyl (C=O) groups excluding carboxylic acids is 1. The number of carbonyl (C=O) groups is 2. The SMILES string of the molecule is Cc1cncc(Oc2ccc(C(=O)NCCCC(=O)O)cc2)n1. The number of carboxylic acid groups (broad SMARTS) is 1. The molecule has 0 saturated carbocycles. The zero-order valence-corrected chi connectivity index (χ0v) is 12.7. The van der Waals surface area contributed by atoms with E-state index in [9.17, 15) is 9.59 Å². The van der Waals surface area contributed by atoms with Crippen LogP contribution in [0.2, 0.25) is 0 Å². The van der Waals surface area contributed by atoms with E-state index in [1.54, 1.807) is 30.5 Å². The summed E-state index contributed by atoms with van der Waals surface area (Å²) < 4.78 is 5.55. The van der Waals surface area contributed by atoms with Crippen molar-refractivity contribution in [3.05, 3.63) is 47.9 Å². The topological polar surface area (TPSA) is 101 Å². The number of amides is 1. The summed E-state index contributed by atoms with van der Waals surface area (Å²) in [5.74, 6) is -0.194. The van der Waals surface area contributed by atoms with Gasteiger partial charge in [-0.2, -0.15) is 0 Å². The van der Waals surface area contributed by atoms with Gasteiger partial charge in [-0.05, 0) is 37.6 Å². The van der Waals surface area contributed by atoms with Crippen molar-refractivity contribution in [3.8, 4) is 11.6 Å². The summed E-state index contributed by atoms with van der Waals surface area (Å²) in [6.45, 7) is 2.14. The van der Waals surface area contributed by atoms with Gasteiger partial charge >= 0.3 is 5.97 Å². The lowest BCUT2D eigenvalue weighted by Crippen LogP contribution is -2.24. The molecule has 1 heterocycles. The van der Waals surface area contributed by atoms with E-state index in [1.807, 2.05) is 6.92 Å². The van der Waals surface area contributed by atoms with Crippen LogP contribution in [0.5, 0.6) is 11.6 Å². The fourth-order valence-electron chi connectivity index (χ4n) is 1.83. The van der Waals surface area contributed by atoms with Gasteiger partial charge in [-0.1, -0.05) is 0 Å². The monoisotopic (exact) mass is 315 g/mol. The lowest BCUT2D eigenvalue weighted by atomic mass is 10.2. The number of nitrogens with one attached hydrogen (secondary N) is 1. The first-order chi connectivity index (χ1) is 11.0.